The molecule has 1 aromatic carbocycles. The van der Waals surface area contributed by atoms with Gasteiger partial charge in [-0.2, -0.15) is 0 Å². The van der Waals surface area contributed by atoms with Crippen molar-refractivity contribution in [1.29, 1.82) is 0 Å². The fourth-order valence-corrected chi connectivity index (χ4v) is 2.14. The summed E-state index contributed by atoms with van der Waals surface area (Å²) >= 11 is 0. The van der Waals surface area contributed by atoms with Gasteiger partial charge in [0.15, 0.2) is 0 Å². The Balaban J connectivity index is 2.43. The van der Waals surface area contributed by atoms with E-state index in [9.17, 15) is 9.90 Å². The van der Waals surface area contributed by atoms with Gasteiger partial charge in [-0.15, -0.1) is 0 Å². The Labute approximate surface area is 120 Å². The van der Waals surface area contributed by atoms with Crippen LogP contribution >= 0.6 is 0 Å². The van der Waals surface area contributed by atoms with E-state index < -0.39 is 12.1 Å². The molecule has 2 unspecified atom stereocenters. The third kappa shape index (κ3) is 5.72. The summed E-state index contributed by atoms with van der Waals surface area (Å²) in [5, 5.41) is 22.0. The standard InChI is InChI=1S/C16H25NO3/c1-3-5-13-7-9-14(10-8-13)16(20)12(2)17-11-4-6-15(18)19/h7-10,12,16-17,20H,3-6,11H2,1-2H3,(H,18,19). The highest BCUT2D eigenvalue weighted by Crippen LogP contribution is 2.18. The number of rotatable bonds is 9. The van der Waals surface area contributed by atoms with Crippen LogP contribution in [0.1, 0.15) is 50.3 Å². The highest BCUT2D eigenvalue weighted by molar-refractivity contribution is 5.66. The zero-order chi connectivity index (χ0) is 15.0. The number of benzene rings is 1. The SMILES string of the molecule is CCCc1ccc(C(O)C(C)NCCCC(=O)O)cc1. The number of aryl methyl sites for hydroxylation is 1. The average molecular weight is 279 g/mol. The summed E-state index contributed by atoms with van der Waals surface area (Å²) < 4.78 is 0. The van der Waals surface area contributed by atoms with E-state index in [-0.39, 0.29) is 12.5 Å². The molecule has 0 aliphatic heterocycles. The van der Waals surface area contributed by atoms with Crippen LogP contribution in [0.4, 0.5) is 0 Å². The molecule has 4 nitrogen and oxygen atoms in total. The summed E-state index contributed by atoms with van der Waals surface area (Å²) in [7, 11) is 0. The molecule has 0 heterocycles. The molecule has 1 rings (SSSR count). The second-order valence-electron chi connectivity index (χ2n) is 5.18. The minimum Gasteiger partial charge on any atom is -0.481 e. The first-order chi connectivity index (χ1) is 9.54. The Bertz CT molecular complexity index is 403. The van der Waals surface area contributed by atoms with Crippen molar-refractivity contribution in [1.82, 2.24) is 5.32 Å². The van der Waals surface area contributed by atoms with Gasteiger partial charge < -0.3 is 15.5 Å². The number of aliphatic carboxylic acids is 1. The number of aliphatic hydroxyl groups excluding tert-OH is 1. The molecule has 0 spiro atoms. The first-order valence-corrected chi connectivity index (χ1v) is 7.26. The number of nitrogens with one attached hydrogen (secondary N) is 1. The van der Waals surface area contributed by atoms with Crippen LogP contribution < -0.4 is 5.32 Å². The Hall–Kier alpha value is -1.39. The molecule has 0 bridgehead atoms. The van der Waals surface area contributed by atoms with Crippen LogP contribution in [0.5, 0.6) is 0 Å². The lowest BCUT2D eigenvalue weighted by Gasteiger charge is -2.20. The van der Waals surface area contributed by atoms with E-state index in [4.69, 9.17) is 5.11 Å². The maximum atomic E-state index is 10.4. The van der Waals surface area contributed by atoms with E-state index in [0.29, 0.717) is 13.0 Å². The number of carboxylic acid groups (broad SMARTS) is 1. The zero-order valence-electron chi connectivity index (χ0n) is 12.3. The van der Waals surface area contributed by atoms with Crippen molar-refractivity contribution in [3.8, 4) is 0 Å². The molecule has 2 atom stereocenters. The predicted octanol–water partition coefficient (Wildman–Crippen LogP) is 2.52. The molecule has 0 aliphatic carbocycles. The maximum Gasteiger partial charge on any atom is 0.303 e. The van der Waals surface area contributed by atoms with Gasteiger partial charge in [0.05, 0.1) is 6.10 Å². The quantitative estimate of drug-likeness (QED) is 0.608. The molecule has 20 heavy (non-hydrogen) atoms. The van der Waals surface area contributed by atoms with E-state index in [0.717, 1.165) is 18.4 Å². The summed E-state index contributed by atoms with van der Waals surface area (Å²) in [6.07, 6.45) is 2.32. The summed E-state index contributed by atoms with van der Waals surface area (Å²) in [6.45, 7) is 4.65. The first kappa shape index (κ1) is 16.7. The van der Waals surface area contributed by atoms with Crippen molar-refractivity contribution in [2.75, 3.05) is 6.54 Å². The van der Waals surface area contributed by atoms with Crippen molar-refractivity contribution in [3.63, 3.8) is 0 Å². The van der Waals surface area contributed by atoms with Gasteiger partial charge in [0, 0.05) is 12.5 Å². The topological polar surface area (TPSA) is 69.6 Å². The van der Waals surface area contributed by atoms with E-state index in [1.165, 1.54) is 5.56 Å². The molecular formula is C16H25NO3. The van der Waals surface area contributed by atoms with Crippen molar-refractivity contribution in [2.24, 2.45) is 0 Å². The van der Waals surface area contributed by atoms with Gasteiger partial charge in [0.1, 0.15) is 0 Å². The minimum absolute atomic E-state index is 0.0965. The van der Waals surface area contributed by atoms with E-state index >= 15 is 0 Å². The average Bonchev–Trinajstić information content (AvgIpc) is 2.43. The van der Waals surface area contributed by atoms with Crippen LogP contribution in [-0.2, 0) is 11.2 Å². The number of aliphatic hydroxyl groups is 1. The van der Waals surface area contributed by atoms with Crippen LogP contribution in [0.3, 0.4) is 0 Å². The summed E-state index contributed by atoms with van der Waals surface area (Å²) in [5.74, 6) is -0.786. The molecule has 4 heteroatoms. The van der Waals surface area contributed by atoms with Gasteiger partial charge in [-0.3, -0.25) is 4.79 Å². The molecule has 0 radical (unpaired) electrons. The Morgan fingerprint density at radius 1 is 1.30 bits per heavy atom. The summed E-state index contributed by atoms with van der Waals surface area (Å²) in [5.41, 5.74) is 2.17. The maximum absolute atomic E-state index is 10.4. The van der Waals surface area contributed by atoms with E-state index in [2.05, 4.69) is 24.4 Å². The third-order valence-corrected chi connectivity index (χ3v) is 3.37. The van der Waals surface area contributed by atoms with Gasteiger partial charge in [-0.25, -0.2) is 0 Å². The Morgan fingerprint density at radius 2 is 1.95 bits per heavy atom. The van der Waals surface area contributed by atoms with Crippen LogP contribution in [0.2, 0.25) is 0 Å². The predicted molar refractivity (Wildman–Crippen MR) is 79.7 cm³/mol. The van der Waals surface area contributed by atoms with Crippen molar-refractivity contribution >= 4 is 5.97 Å². The molecule has 3 N–H and O–H groups in total. The molecule has 0 aromatic heterocycles. The lowest BCUT2D eigenvalue weighted by Crippen LogP contribution is -2.33. The normalized spacial score (nSPS) is 13.9. The smallest absolute Gasteiger partial charge is 0.303 e. The second kappa shape index (κ2) is 8.72. The summed E-state index contributed by atoms with van der Waals surface area (Å²) in [4.78, 5) is 10.4. The molecule has 0 fully saturated rings. The molecular weight excluding hydrogens is 254 g/mol. The molecule has 0 saturated heterocycles. The van der Waals surface area contributed by atoms with E-state index in [1.807, 2.05) is 19.1 Å². The fourth-order valence-electron chi connectivity index (χ4n) is 2.14. The van der Waals surface area contributed by atoms with Crippen LogP contribution in [0, 0.1) is 0 Å². The highest BCUT2D eigenvalue weighted by atomic mass is 16.4. The monoisotopic (exact) mass is 279 g/mol. The Morgan fingerprint density at radius 3 is 2.50 bits per heavy atom. The van der Waals surface area contributed by atoms with Crippen molar-refractivity contribution < 1.29 is 15.0 Å². The van der Waals surface area contributed by atoms with Crippen molar-refractivity contribution in [3.05, 3.63) is 35.4 Å². The number of hydrogen-bond donors (Lipinski definition) is 3. The summed E-state index contributed by atoms with van der Waals surface area (Å²) in [6, 6.07) is 7.94. The number of hydrogen-bond acceptors (Lipinski definition) is 3. The largest absolute Gasteiger partial charge is 0.481 e. The minimum atomic E-state index is -0.786. The van der Waals surface area contributed by atoms with Gasteiger partial charge in [-0.1, -0.05) is 37.6 Å². The van der Waals surface area contributed by atoms with Gasteiger partial charge in [-0.05, 0) is 37.4 Å². The molecule has 112 valence electrons. The molecule has 1 aromatic rings. The fraction of sp³-hybridized carbons (Fsp3) is 0.562. The second-order valence-corrected chi connectivity index (χ2v) is 5.18. The van der Waals surface area contributed by atoms with Gasteiger partial charge >= 0.3 is 5.97 Å². The van der Waals surface area contributed by atoms with E-state index in [1.54, 1.807) is 0 Å². The lowest BCUT2D eigenvalue weighted by molar-refractivity contribution is -0.137. The molecule has 0 saturated carbocycles. The first-order valence-electron chi connectivity index (χ1n) is 7.26. The molecule has 0 aliphatic rings. The lowest BCUT2D eigenvalue weighted by atomic mass is 10.0. The van der Waals surface area contributed by atoms with Crippen molar-refractivity contribution in [2.45, 2.75) is 51.7 Å². The highest BCUT2D eigenvalue weighted by Gasteiger charge is 2.15. The van der Waals surface area contributed by atoms with Crippen LogP contribution in [0.15, 0.2) is 24.3 Å². The molecule has 0 amide bonds. The van der Waals surface area contributed by atoms with Crippen LogP contribution in [-0.4, -0.2) is 28.8 Å². The van der Waals surface area contributed by atoms with Gasteiger partial charge in [0.2, 0.25) is 0 Å². The van der Waals surface area contributed by atoms with Crippen LogP contribution in [0.25, 0.3) is 0 Å². The van der Waals surface area contributed by atoms with Gasteiger partial charge in [0.25, 0.3) is 0 Å². The zero-order valence-corrected chi connectivity index (χ0v) is 12.3. The Kier molecular flexibility index (Phi) is 7.26. The number of carboxylic acids is 1. The third-order valence-electron chi connectivity index (χ3n) is 3.37. The number of carbonyl (C=O) groups is 1.